The summed E-state index contributed by atoms with van der Waals surface area (Å²) in [6, 6.07) is 8.88. The van der Waals surface area contributed by atoms with Gasteiger partial charge in [-0.2, -0.15) is 0 Å². The van der Waals surface area contributed by atoms with Crippen LogP contribution in [-0.4, -0.2) is 16.9 Å². The number of hydrogen-bond donors (Lipinski definition) is 0. The summed E-state index contributed by atoms with van der Waals surface area (Å²) < 4.78 is 0. The number of rotatable bonds is 5. The zero-order chi connectivity index (χ0) is 10.4. The van der Waals surface area contributed by atoms with Crippen molar-refractivity contribution in [1.82, 2.24) is 0 Å². The lowest BCUT2D eigenvalue weighted by Crippen LogP contribution is -2.08. The predicted molar refractivity (Wildman–Crippen MR) is 58.8 cm³/mol. The zero-order valence-electron chi connectivity index (χ0n) is 7.70. The number of hydrogen-bond acceptors (Lipinski definition) is 2. The van der Waals surface area contributed by atoms with Gasteiger partial charge in [-0.1, -0.05) is 46.3 Å². The largest absolute Gasteiger partial charge is 0.299 e. The first-order chi connectivity index (χ1) is 6.74. The van der Waals surface area contributed by atoms with Gasteiger partial charge in [-0.3, -0.25) is 9.59 Å². The van der Waals surface area contributed by atoms with E-state index in [0.29, 0.717) is 17.3 Å². The van der Waals surface area contributed by atoms with Crippen LogP contribution in [0.5, 0.6) is 0 Å². The van der Waals surface area contributed by atoms with Crippen molar-refractivity contribution in [3.8, 4) is 0 Å². The van der Waals surface area contributed by atoms with Gasteiger partial charge in [0.15, 0.2) is 5.78 Å². The Hall–Kier alpha value is -0.960. The van der Waals surface area contributed by atoms with E-state index < -0.39 is 0 Å². The van der Waals surface area contributed by atoms with Crippen molar-refractivity contribution in [2.24, 2.45) is 0 Å². The molecule has 0 fully saturated rings. The summed E-state index contributed by atoms with van der Waals surface area (Å²) in [5.41, 5.74) is 0.607. The van der Waals surface area contributed by atoms with Crippen molar-refractivity contribution in [2.45, 2.75) is 12.8 Å². The number of alkyl halides is 1. The number of carbonyl (C=O) groups excluding carboxylic acids is 2. The lowest BCUT2D eigenvalue weighted by Gasteiger charge is -1.98. The van der Waals surface area contributed by atoms with Crippen LogP contribution in [0.25, 0.3) is 0 Å². The van der Waals surface area contributed by atoms with Crippen molar-refractivity contribution >= 4 is 27.5 Å². The molecule has 0 radical (unpaired) electrons. The molecule has 0 saturated carbocycles. The van der Waals surface area contributed by atoms with Gasteiger partial charge in [0.2, 0.25) is 0 Å². The third-order valence-electron chi connectivity index (χ3n) is 1.83. The van der Waals surface area contributed by atoms with Gasteiger partial charge in [0.25, 0.3) is 0 Å². The molecule has 0 spiro atoms. The summed E-state index contributed by atoms with van der Waals surface area (Å²) >= 11 is 3.16. The third-order valence-corrected chi connectivity index (χ3v) is 2.22. The third kappa shape index (κ3) is 3.42. The average Bonchev–Trinajstić information content (AvgIpc) is 2.19. The van der Waals surface area contributed by atoms with Crippen molar-refractivity contribution in [1.29, 1.82) is 0 Å². The Labute approximate surface area is 91.4 Å². The molecule has 0 aromatic heterocycles. The Bertz CT molecular complexity index is 319. The molecule has 0 unspecified atom stereocenters. The fourth-order valence-electron chi connectivity index (χ4n) is 1.10. The summed E-state index contributed by atoms with van der Waals surface area (Å²) in [5.74, 6) is -0.118. The molecule has 0 aliphatic heterocycles. The first kappa shape index (κ1) is 11.1. The van der Waals surface area contributed by atoms with Crippen LogP contribution < -0.4 is 0 Å². The summed E-state index contributed by atoms with van der Waals surface area (Å²) in [4.78, 5) is 22.7. The summed E-state index contributed by atoms with van der Waals surface area (Å²) in [5, 5.41) is 0.619. The second-order valence-electron chi connectivity index (χ2n) is 2.94. The molecule has 1 aromatic rings. The fourth-order valence-corrected chi connectivity index (χ4v) is 1.54. The molecule has 0 aliphatic carbocycles. The standard InChI is InChI=1S/C11H11BrO2/c12-7-6-10(13)8-11(14)9-4-2-1-3-5-9/h1-5H,6-8H2. The highest BCUT2D eigenvalue weighted by atomic mass is 79.9. The predicted octanol–water partition coefficient (Wildman–Crippen LogP) is 2.61. The zero-order valence-corrected chi connectivity index (χ0v) is 9.29. The van der Waals surface area contributed by atoms with E-state index in [9.17, 15) is 9.59 Å². The Morgan fingerprint density at radius 1 is 1.14 bits per heavy atom. The van der Waals surface area contributed by atoms with Crippen LogP contribution in [0.1, 0.15) is 23.2 Å². The SMILES string of the molecule is O=C(CCBr)CC(=O)c1ccccc1. The maximum atomic E-state index is 11.5. The van der Waals surface area contributed by atoms with Crippen LogP contribution >= 0.6 is 15.9 Å². The first-order valence-electron chi connectivity index (χ1n) is 4.40. The molecule has 0 amide bonds. The highest BCUT2D eigenvalue weighted by molar-refractivity contribution is 9.09. The number of benzene rings is 1. The molecule has 0 bridgehead atoms. The Morgan fingerprint density at radius 3 is 2.36 bits per heavy atom. The summed E-state index contributed by atoms with van der Waals surface area (Å²) in [6.45, 7) is 0. The Balaban J connectivity index is 2.55. The maximum absolute atomic E-state index is 11.5. The van der Waals surface area contributed by atoms with E-state index in [1.807, 2.05) is 6.07 Å². The van der Waals surface area contributed by atoms with E-state index in [2.05, 4.69) is 15.9 Å². The molecule has 0 aliphatic rings. The molecular weight excluding hydrogens is 244 g/mol. The van der Waals surface area contributed by atoms with Crippen molar-refractivity contribution in [2.75, 3.05) is 5.33 Å². The van der Waals surface area contributed by atoms with Crippen LogP contribution in [0.2, 0.25) is 0 Å². The number of halogens is 1. The molecule has 1 aromatic carbocycles. The van der Waals surface area contributed by atoms with Gasteiger partial charge in [-0.05, 0) is 0 Å². The Kier molecular flexibility index (Phi) is 4.53. The van der Waals surface area contributed by atoms with Crippen molar-refractivity contribution < 1.29 is 9.59 Å². The van der Waals surface area contributed by atoms with E-state index in [-0.39, 0.29) is 18.0 Å². The summed E-state index contributed by atoms with van der Waals surface area (Å²) in [6.07, 6.45) is 0.425. The van der Waals surface area contributed by atoms with Gasteiger partial charge in [0.05, 0.1) is 6.42 Å². The van der Waals surface area contributed by atoms with Crippen LogP contribution in [0.15, 0.2) is 30.3 Å². The highest BCUT2D eigenvalue weighted by Gasteiger charge is 2.10. The minimum absolute atomic E-state index is 0.00954. The van der Waals surface area contributed by atoms with Crippen LogP contribution in [-0.2, 0) is 4.79 Å². The molecule has 14 heavy (non-hydrogen) atoms. The molecule has 3 heteroatoms. The van der Waals surface area contributed by atoms with Crippen molar-refractivity contribution in [3.05, 3.63) is 35.9 Å². The minimum Gasteiger partial charge on any atom is -0.299 e. The van der Waals surface area contributed by atoms with E-state index in [4.69, 9.17) is 0 Å². The molecule has 2 nitrogen and oxygen atoms in total. The van der Waals surface area contributed by atoms with Gasteiger partial charge in [0.1, 0.15) is 5.78 Å². The van der Waals surface area contributed by atoms with Gasteiger partial charge in [-0.25, -0.2) is 0 Å². The quantitative estimate of drug-likeness (QED) is 0.460. The average molecular weight is 255 g/mol. The molecule has 74 valence electrons. The first-order valence-corrected chi connectivity index (χ1v) is 5.52. The van der Waals surface area contributed by atoms with Gasteiger partial charge in [-0.15, -0.1) is 0 Å². The lowest BCUT2D eigenvalue weighted by molar-refractivity contribution is -0.117. The molecule has 0 heterocycles. The molecule has 1 rings (SSSR count). The fraction of sp³-hybridized carbons (Fsp3) is 0.273. The monoisotopic (exact) mass is 254 g/mol. The maximum Gasteiger partial charge on any atom is 0.170 e. The van der Waals surface area contributed by atoms with Crippen LogP contribution in [0.4, 0.5) is 0 Å². The van der Waals surface area contributed by atoms with Gasteiger partial charge < -0.3 is 0 Å². The highest BCUT2D eigenvalue weighted by Crippen LogP contribution is 2.05. The smallest absolute Gasteiger partial charge is 0.170 e. The van der Waals surface area contributed by atoms with E-state index in [1.165, 1.54) is 0 Å². The lowest BCUT2D eigenvalue weighted by atomic mass is 10.1. The molecule has 0 saturated heterocycles. The van der Waals surface area contributed by atoms with E-state index in [1.54, 1.807) is 24.3 Å². The summed E-state index contributed by atoms with van der Waals surface area (Å²) in [7, 11) is 0. The topological polar surface area (TPSA) is 34.1 Å². The normalized spacial score (nSPS) is 9.79. The van der Waals surface area contributed by atoms with E-state index in [0.717, 1.165) is 0 Å². The molecule has 0 atom stereocenters. The van der Waals surface area contributed by atoms with Gasteiger partial charge >= 0.3 is 0 Å². The van der Waals surface area contributed by atoms with Crippen LogP contribution in [0.3, 0.4) is 0 Å². The molecular formula is C11H11BrO2. The number of carbonyl (C=O) groups is 2. The van der Waals surface area contributed by atoms with Crippen LogP contribution in [0, 0.1) is 0 Å². The second-order valence-corrected chi connectivity index (χ2v) is 3.74. The van der Waals surface area contributed by atoms with Gasteiger partial charge in [0, 0.05) is 17.3 Å². The second kappa shape index (κ2) is 5.70. The number of ketones is 2. The van der Waals surface area contributed by atoms with E-state index >= 15 is 0 Å². The molecule has 0 N–H and O–H groups in total. The Morgan fingerprint density at radius 2 is 1.79 bits per heavy atom. The minimum atomic E-state index is -0.100. The number of Topliss-reactive ketones (excluding diaryl/α,β-unsaturated/α-hetero) is 2. The van der Waals surface area contributed by atoms with Crippen molar-refractivity contribution in [3.63, 3.8) is 0 Å².